The number of hydrogen-bond donors (Lipinski definition) is 2. The average Bonchev–Trinajstić information content (AvgIpc) is 3.01. The van der Waals surface area contributed by atoms with Gasteiger partial charge in [-0.3, -0.25) is 14.4 Å². The van der Waals surface area contributed by atoms with Crippen molar-refractivity contribution in [2.75, 3.05) is 19.7 Å². The van der Waals surface area contributed by atoms with Gasteiger partial charge >= 0.3 is 5.97 Å². The van der Waals surface area contributed by atoms with Gasteiger partial charge in [0.25, 0.3) is 11.8 Å². The van der Waals surface area contributed by atoms with E-state index in [0.29, 0.717) is 41.8 Å². The number of carboxylic acid groups (broad SMARTS) is 1. The van der Waals surface area contributed by atoms with Crippen LogP contribution in [0.4, 0.5) is 0 Å². The Kier molecular flexibility index (Phi) is 10.7. The van der Waals surface area contributed by atoms with Crippen molar-refractivity contribution in [2.24, 2.45) is 0 Å². The van der Waals surface area contributed by atoms with E-state index in [9.17, 15) is 19.5 Å². The predicted molar refractivity (Wildman–Crippen MR) is 168 cm³/mol. The van der Waals surface area contributed by atoms with Crippen LogP contribution in [0.2, 0.25) is 0 Å². The maximum atomic E-state index is 14.1. The number of amides is 2. The average molecular weight is 579 g/mol. The number of carboxylic acids is 1. The maximum absolute atomic E-state index is 14.1. The number of ether oxygens (including phenoxy) is 1. The van der Waals surface area contributed by atoms with E-state index in [1.165, 1.54) is 0 Å². The van der Waals surface area contributed by atoms with Crippen molar-refractivity contribution in [1.82, 2.24) is 10.2 Å². The standard InChI is InChI=1S/C36H38N2O5/c1-4-43-33-16-10-5-11-28(33)21-23-38(24-22-34(39)40)36(42)32-15-9-7-13-30(32)29-12-6-8-14-31(29)35(41)37-26(3)27-19-17-25(2)18-20-27/h5-20,26H,4,21-24H2,1-3H3,(H,37,41)(H,39,40)/t26-/m1/s1. The zero-order valence-electron chi connectivity index (χ0n) is 24.9. The molecule has 0 fully saturated rings. The largest absolute Gasteiger partial charge is 0.494 e. The molecule has 0 aromatic heterocycles. The topological polar surface area (TPSA) is 95.9 Å². The third kappa shape index (κ3) is 8.10. The van der Waals surface area contributed by atoms with E-state index in [1.54, 1.807) is 29.2 Å². The number of aliphatic carboxylic acids is 1. The molecule has 0 saturated heterocycles. The van der Waals surface area contributed by atoms with Gasteiger partial charge in [-0.2, -0.15) is 0 Å². The molecule has 0 aliphatic rings. The molecular weight excluding hydrogens is 540 g/mol. The Morgan fingerprint density at radius 2 is 1.42 bits per heavy atom. The lowest BCUT2D eigenvalue weighted by Crippen LogP contribution is -2.35. The number of rotatable bonds is 13. The van der Waals surface area contributed by atoms with Crippen molar-refractivity contribution in [3.63, 3.8) is 0 Å². The second kappa shape index (κ2) is 14.8. The first kappa shape index (κ1) is 31.0. The molecule has 0 spiro atoms. The van der Waals surface area contributed by atoms with Crippen LogP contribution in [0, 0.1) is 6.92 Å². The van der Waals surface area contributed by atoms with E-state index >= 15 is 0 Å². The molecule has 2 N–H and O–H groups in total. The highest BCUT2D eigenvalue weighted by Crippen LogP contribution is 2.29. The Balaban J connectivity index is 1.62. The van der Waals surface area contributed by atoms with Crippen molar-refractivity contribution < 1.29 is 24.2 Å². The molecule has 0 heterocycles. The Morgan fingerprint density at radius 3 is 2.09 bits per heavy atom. The second-order valence-corrected chi connectivity index (χ2v) is 10.4. The van der Waals surface area contributed by atoms with Crippen LogP contribution in [-0.4, -0.2) is 47.5 Å². The highest BCUT2D eigenvalue weighted by molar-refractivity contribution is 6.06. The number of carbonyl (C=O) groups is 3. The third-order valence-corrected chi connectivity index (χ3v) is 7.35. The molecule has 1 atom stereocenters. The van der Waals surface area contributed by atoms with Gasteiger partial charge in [-0.25, -0.2) is 0 Å². The first-order valence-electron chi connectivity index (χ1n) is 14.6. The molecule has 0 saturated carbocycles. The van der Waals surface area contributed by atoms with Crippen molar-refractivity contribution in [3.8, 4) is 16.9 Å². The lowest BCUT2D eigenvalue weighted by molar-refractivity contribution is -0.137. The molecule has 0 aliphatic carbocycles. The molecule has 7 heteroatoms. The number of para-hydroxylation sites is 1. The van der Waals surface area contributed by atoms with Gasteiger partial charge in [0.2, 0.25) is 0 Å². The SMILES string of the molecule is CCOc1ccccc1CCN(CCC(=O)O)C(=O)c1ccccc1-c1ccccc1C(=O)N[C@H](C)c1ccc(C)cc1. The summed E-state index contributed by atoms with van der Waals surface area (Å²) >= 11 is 0. The van der Waals surface area contributed by atoms with Gasteiger partial charge in [0, 0.05) is 24.2 Å². The summed E-state index contributed by atoms with van der Waals surface area (Å²) in [6.07, 6.45) is 0.316. The summed E-state index contributed by atoms with van der Waals surface area (Å²) in [7, 11) is 0. The first-order valence-corrected chi connectivity index (χ1v) is 14.6. The molecule has 4 aromatic rings. The van der Waals surface area contributed by atoms with Gasteiger partial charge in [-0.05, 0) is 67.6 Å². The summed E-state index contributed by atoms with van der Waals surface area (Å²) in [5, 5.41) is 12.5. The van der Waals surface area contributed by atoms with Gasteiger partial charge in [-0.15, -0.1) is 0 Å². The number of aryl methyl sites for hydroxylation is 1. The molecule has 4 rings (SSSR count). The Bertz CT molecular complexity index is 1560. The van der Waals surface area contributed by atoms with Crippen LogP contribution in [0.5, 0.6) is 5.75 Å². The van der Waals surface area contributed by atoms with Gasteiger partial charge in [0.05, 0.1) is 19.1 Å². The Hall–Kier alpha value is -4.91. The normalized spacial score (nSPS) is 11.4. The van der Waals surface area contributed by atoms with E-state index in [2.05, 4.69) is 5.32 Å². The van der Waals surface area contributed by atoms with E-state index in [4.69, 9.17) is 4.74 Å². The van der Waals surface area contributed by atoms with Gasteiger partial charge in [0.15, 0.2) is 0 Å². The summed E-state index contributed by atoms with van der Waals surface area (Å²) < 4.78 is 5.75. The summed E-state index contributed by atoms with van der Waals surface area (Å²) in [5.74, 6) is -0.781. The van der Waals surface area contributed by atoms with E-state index in [-0.39, 0.29) is 30.8 Å². The number of carbonyl (C=O) groups excluding carboxylic acids is 2. The van der Waals surface area contributed by atoms with E-state index < -0.39 is 5.97 Å². The van der Waals surface area contributed by atoms with Crippen LogP contribution < -0.4 is 10.1 Å². The summed E-state index contributed by atoms with van der Waals surface area (Å²) in [6.45, 7) is 6.74. The van der Waals surface area contributed by atoms with Crippen LogP contribution in [-0.2, 0) is 11.2 Å². The lowest BCUT2D eigenvalue weighted by atomic mass is 9.94. The fourth-order valence-electron chi connectivity index (χ4n) is 5.01. The third-order valence-electron chi connectivity index (χ3n) is 7.35. The van der Waals surface area contributed by atoms with Gasteiger partial charge in [0.1, 0.15) is 5.75 Å². The summed E-state index contributed by atoms with van der Waals surface area (Å²) in [5.41, 5.74) is 5.16. The lowest BCUT2D eigenvalue weighted by Gasteiger charge is -2.24. The quantitative estimate of drug-likeness (QED) is 0.184. The van der Waals surface area contributed by atoms with Crippen molar-refractivity contribution in [2.45, 2.75) is 39.7 Å². The van der Waals surface area contributed by atoms with Crippen LogP contribution in [0.3, 0.4) is 0 Å². The smallest absolute Gasteiger partial charge is 0.305 e. The van der Waals surface area contributed by atoms with E-state index in [0.717, 1.165) is 22.4 Å². The number of hydrogen-bond acceptors (Lipinski definition) is 4. The Morgan fingerprint density at radius 1 is 0.814 bits per heavy atom. The summed E-state index contributed by atoms with van der Waals surface area (Å²) in [6, 6.07) is 29.8. The molecule has 0 bridgehead atoms. The van der Waals surface area contributed by atoms with Crippen LogP contribution >= 0.6 is 0 Å². The zero-order chi connectivity index (χ0) is 30.8. The minimum absolute atomic E-state index is 0.0511. The maximum Gasteiger partial charge on any atom is 0.305 e. The number of benzene rings is 4. The zero-order valence-corrected chi connectivity index (χ0v) is 24.9. The molecule has 0 aliphatic heterocycles. The van der Waals surface area contributed by atoms with Crippen LogP contribution in [0.15, 0.2) is 97.1 Å². The molecule has 43 heavy (non-hydrogen) atoms. The molecule has 4 aromatic carbocycles. The number of nitrogens with one attached hydrogen (secondary N) is 1. The highest BCUT2D eigenvalue weighted by Gasteiger charge is 2.23. The van der Waals surface area contributed by atoms with Gasteiger partial charge < -0.3 is 20.1 Å². The van der Waals surface area contributed by atoms with Crippen LogP contribution in [0.1, 0.15) is 63.7 Å². The van der Waals surface area contributed by atoms with Crippen molar-refractivity contribution in [1.29, 1.82) is 0 Å². The van der Waals surface area contributed by atoms with Gasteiger partial charge in [-0.1, -0.05) is 84.4 Å². The minimum atomic E-state index is -0.981. The van der Waals surface area contributed by atoms with Crippen molar-refractivity contribution >= 4 is 17.8 Å². The fourth-order valence-corrected chi connectivity index (χ4v) is 5.01. The van der Waals surface area contributed by atoms with Crippen molar-refractivity contribution in [3.05, 3.63) is 125 Å². The van der Waals surface area contributed by atoms with E-state index in [1.807, 2.05) is 93.6 Å². The number of nitrogens with zero attached hydrogens (tertiary/aromatic N) is 1. The highest BCUT2D eigenvalue weighted by atomic mass is 16.5. The molecule has 222 valence electrons. The second-order valence-electron chi connectivity index (χ2n) is 10.4. The molecule has 7 nitrogen and oxygen atoms in total. The molecule has 2 amide bonds. The predicted octanol–water partition coefficient (Wildman–Crippen LogP) is 6.71. The molecule has 0 unspecified atom stereocenters. The monoisotopic (exact) mass is 578 g/mol. The molecular formula is C36H38N2O5. The molecule has 0 radical (unpaired) electrons. The summed E-state index contributed by atoms with van der Waals surface area (Å²) in [4.78, 5) is 40.7. The van der Waals surface area contributed by atoms with Crippen LogP contribution in [0.25, 0.3) is 11.1 Å². The fraction of sp³-hybridized carbons (Fsp3) is 0.250. The Labute approximate surface area is 253 Å². The minimum Gasteiger partial charge on any atom is -0.494 e. The first-order chi connectivity index (χ1) is 20.8.